The maximum atomic E-state index is 13.0. The molecule has 1 aliphatic heterocycles. The number of nitriles is 1. The van der Waals surface area contributed by atoms with Gasteiger partial charge in [-0.25, -0.2) is 4.79 Å². The second-order valence-corrected chi connectivity index (χ2v) is 6.41. The number of fused-ring (bicyclic) bond motifs is 1. The summed E-state index contributed by atoms with van der Waals surface area (Å²) in [5.74, 6) is 1.08. The Labute approximate surface area is 159 Å². The lowest BCUT2D eigenvalue weighted by molar-refractivity contribution is 0.413. The molecule has 1 fully saturated rings. The highest BCUT2D eigenvalue weighted by Crippen LogP contribution is 2.30. The Morgan fingerprint density at radius 2 is 1.93 bits per heavy atom. The van der Waals surface area contributed by atoms with Gasteiger partial charge in [0.25, 0.3) is 5.56 Å². The maximum Gasteiger partial charge on any atom is 0.346 e. The van der Waals surface area contributed by atoms with E-state index in [1.54, 1.807) is 23.9 Å². The third-order valence-corrected chi connectivity index (χ3v) is 4.87. The summed E-state index contributed by atoms with van der Waals surface area (Å²) in [5, 5.41) is 12.6. The fourth-order valence-corrected chi connectivity index (χ4v) is 3.46. The first kappa shape index (κ1) is 17.8. The van der Waals surface area contributed by atoms with Gasteiger partial charge in [0, 0.05) is 33.2 Å². The molecule has 0 amide bonds. The van der Waals surface area contributed by atoms with Crippen molar-refractivity contribution in [2.75, 3.05) is 38.2 Å². The average molecular weight is 381 g/mol. The van der Waals surface area contributed by atoms with Crippen molar-refractivity contribution in [1.29, 1.82) is 5.26 Å². The number of nitrogens with one attached hydrogen (secondary N) is 1. The average Bonchev–Trinajstić information content (AvgIpc) is 3.14. The standard InChI is InChI=1S/C18H19N7O3/c1-22-15-14(16(26)24(11-19)18(22)27)25(12-5-3-4-6-13(12)28-2)17(21-15)23-9-7-20-8-10-23/h3-6,20H,7-10H2,1-2H3. The lowest BCUT2D eigenvalue weighted by Crippen LogP contribution is -2.44. The number of imidazole rings is 1. The molecule has 1 N–H and O–H groups in total. The Bertz CT molecular complexity index is 1210. The van der Waals surface area contributed by atoms with Crippen LogP contribution in [0.2, 0.25) is 0 Å². The number of methoxy groups -OCH3 is 1. The highest BCUT2D eigenvalue weighted by atomic mass is 16.5. The number of hydrogen-bond donors (Lipinski definition) is 1. The highest BCUT2D eigenvalue weighted by molar-refractivity contribution is 5.79. The number of para-hydroxylation sites is 2. The molecule has 10 nitrogen and oxygen atoms in total. The highest BCUT2D eigenvalue weighted by Gasteiger charge is 2.26. The number of aromatic nitrogens is 4. The molecule has 0 unspecified atom stereocenters. The molecule has 3 heterocycles. The largest absolute Gasteiger partial charge is 0.495 e. The van der Waals surface area contributed by atoms with E-state index in [9.17, 15) is 14.9 Å². The first-order chi connectivity index (χ1) is 13.6. The number of hydrogen-bond acceptors (Lipinski definition) is 7. The van der Waals surface area contributed by atoms with Gasteiger partial charge < -0.3 is 15.0 Å². The van der Waals surface area contributed by atoms with E-state index < -0.39 is 11.2 Å². The predicted molar refractivity (Wildman–Crippen MR) is 103 cm³/mol. The SMILES string of the molecule is COc1ccccc1-n1c(N2CCNCC2)nc2c1c(=O)n(C#N)c(=O)n2C. The van der Waals surface area contributed by atoms with Crippen molar-refractivity contribution in [1.82, 2.24) is 24.0 Å². The smallest absolute Gasteiger partial charge is 0.346 e. The van der Waals surface area contributed by atoms with E-state index in [4.69, 9.17) is 4.74 Å². The van der Waals surface area contributed by atoms with Crippen LogP contribution in [0.5, 0.6) is 5.75 Å². The lowest BCUT2D eigenvalue weighted by Gasteiger charge is -2.29. The van der Waals surface area contributed by atoms with Gasteiger partial charge in [-0.2, -0.15) is 14.8 Å². The molecule has 0 radical (unpaired) electrons. The third-order valence-electron chi connectivity index (χ3n) is 4.87. The Kier molecular flexibility index (Phi) is 4.37. The van der Waals surface area contributed by atoms with E-state index in [1.165, 1.54) is 11.6 Å². The number of benzene rings is 1. The summed E-state index contributed by atoms with van der Waals surface area (Å²) in [6.45, 7) is 2.94. The molecule has 0 spiro atoms. The molecule has 1 aromatic carbocycles. The number of nitrogens with zero attached hydrogens (tertiary/aromatic N) is 6. The minimum atomic E-state index is -0.725. The molecule has 3 aromatic rings. The van der Waals surface area contributed by atoms with Crippen LogP contribution in [-0.2, 0) is 7.05 Å². The van der Waals surface area contributed by atoms with Crippen LogP contribution >= 0.6 is 0 Å². The zero-order chi connectivity index (χ0) is 19.8. The van der Waals surface area contributed by atoms with Crippen LogP contribution in [0.25, 0.3) is 16.9 Å². The first-order valence-electron chi connectivity index (χ1n) is 8.82. The Morgan fingerprint density at radius 3 is 2.61 bits per heavy atom. The molecule has 28 heavy (non-hydrogen) atoms. The zero-order valence-corrected chi connectivity index (χ0v) is 15.5. The molecule has 0 bridgehead atoms. The van der Waals surface area contributed by atoms with Crippen LogP contribution in [0.4, 0.5) is 5.95 Å². The first-order valence-corrected chi connectivity index (χ1v) is 8.82. The number of piperazine rings is 1. The van der Waals surface area contributed by atoms with Gasteiger partial charge in [-0.05, 0) is 12.1 Å². The van der Waals surface area contributed by atoms with Crippen molar-refractivity contribution in [3.8, 4) is 17.6 Å². The summed E-state index contributed by atoms with van der Waals surface area (Å²) in [6.07, 6.45) is 1.67. The second-order valence-electron chi connectivity index (χ2n) is 6.41. The summed E-state index contributed by atoms with van der Waals surface area (Å²) < 4.78 is 8.92. The van der Waals surface area contributed by atoms with Gasteiger partial charge in [0.05, 0.1) is 12.8 Å². The molecular weight excluding hydrogens is 362 g/mol. The Morgan fingerprint density at radius 1 is 1.21 bits per heavy atom. The molecule has 2 aromatic heterocycles. The van der Waals surface area contributed by atoms with Gasteiger partial charge in [-0.1, -0.05) is 12.1 Å². The molecule has 0 atom stereocenters. The summed E-state index contributed by atoms with van der Waals surface area (Å²) in [7, 11) is 3.05. The number of ether oxygens (including phenoxy) is 1. The normalized spacial score (nSPS) is 14.2. The molecule has 0 saturated carbocycles. The van der Waals surface area contributed by atoms with Crippen molar-refractivity contribution < 1.29 is 4.74 Å². The molecule has 4 rings (SSSR count). The van der Waals surface area contributed by atoms with E-state index in [2.05, 4.69) is 10.3 Å². The predicted octanol–water partition coefficient (Wildman–Crippen LogP) is -0.367. The monoisotopic (exact) mass is 381 g/mol. The van der Waals surface area contributed by atoms with Crippen molar-refractivity contribution in [3.05, 3.63) is 45.1 Å². The zero-order valence-electron chi connectivity index (χ0n) is 15.5. The molecule has 144 valence electrons. The fraction of sp³-hybridized carbons (Fsp3) is 0.333. The minimum absolute atomic E-state index is 0.154. The van der Waals surface area contributed by atoms with Crippen molar-refractivity contribution in [3.63, 3.8) is 0 Å². The van der Waals surface area contributed by atoms with E-state index >= 15 is 0 Å². The number of rotatable bonds is 3. The van der Waals surface area contributed by atoms with Gasteiger partial charge in [0.2, 0.25) is 5.95 Å². The van der Waals surface area contributed by atoms with E-state index in [0.717, 1.165) is 13.1 Å². The van der Waals surface area contributed by atoms with Crippen LogP contribution in [0.3, 0.4) is 0 Å². The van der Waals surface area contributed by atoms with Crippen molar-refractivity contribution in [2.24, 2.45) is 7.05 Å². The lowest BCUT2D eigenvalue weighted by atomic mass is 10.3. The van der Waals surface area contributed by atoms with E-state index in [-0.39, 0.29) is 11.2 Å². The molecule has 10 heteroatoms. The van der Waals surface area contributed by atoms with E-state index in [0.29, 0.717) is 35.0 Å². The number of anilines is 1. The van der Waals surface area contributed by atoms with Gasteiger partial charge in [0.15, 0.2) is 17.4 Å². The molecule has 1 saturated heterocycles. The quantitative estimate of drug-likeness (QED) is 0.659. The van der Waals surface area contributed by atoms with Crippen LogP contribution in [-0.4, -0.2) is 52.0 Å². The van der Waals surface area contributed by atoms with Gasteiger partial charge >= 0.3 is 5.69 Å². The molecule has 0 aliphatic carbocycles. The van der Waals surface area contributed by atoms with E-state index in [1.807, 2.05) is 23.1 Å². The third kappa shape index (κ3) is 2.56. The van der Waals surface area contributed by atoms with Crippen molar-refractivity contribution >= 4 is 17.1 Å². The van der Waals surface area contributed by atoms with Crippen LogP contribution < -0.4 is 26.2 Å². The maximum absolute atomic E-state index is 13.0. The fourth-order valence-electron chi connectivity index (χ4n) is 3.46. The van der Waals surface area contributed by atoms with Crippen LogP contribution in [0.1, 0.15) is 0 Å². The summed E-state index contributed by atoms with van der Waals surface area (Å²) in [6, 6.07) is 7.26. The van der Waals surface area contributed by atoms with Gasteiger partial charge in [0.1, 0.15) is 5.75 Å². The molecular formula is C18H19N7O3. The molecule has 1 aliphatic rings. The topological polar surface area (TPSA) is 110 Å². The van der Waals surface area contributed by atoms with Gasteiger partial charge in [-0.3, -0.25) is 13.9 Å². The van der Waals surface area contributed by atoms with Gasteiger partial charge in [-0.15, -0.1) is 0 Å². The minimum Gasteiger partial charge on any atom is -0.495 e. The number of aryl methyl sites for hydroxylation is 1. The summed E-state index contributed by atoms with van der Waals surface area (Å²) in [4.78, 5) is 32.1. The van der Waals surface area contributed by atoms with Crippen LogP contribution in [0.15, 0.2) is 33.9 Å². The van der Waals surface area contributed by atoms with Crippen LogP contribution in [0, 0.1) is 11.5 Å². The summed E-state index contributed by atoms with van der Waals surface area (Å²) >= 11 is 0. The van der Waals surface area contributed by atoms with Crippen molar-refractivity contribution in [2.45, 2.75) is 0 Å². The second kappa shape index (κ2) is 6.86. The Hall–Kier alpha value is -3.58. The Balaban J connectivity index is 2.16. The summed E-state index contributed by atoms with van der Waals surface area (Å²) in [5.41, 5.74) is -0.444.